The van der Waals surface area contributed by atoms with Gasteiger partial charge in [0.25, 0.3) is 10.0 Å². The van der Waals surface area contributed by atoms with Gasteiger partial charge in [-0.3, -0.25) is 0 Å². The van der Waals surface area contributed by atoms with Crippen molar-refractivity contribution in [2.45, 2.75) is 30.6 Å². The van der Waals surface area contributed by atoms with E-state index in [2.05, 4.69) is 11.9 Å². The van der Waals surface area contributed by atoms with Gasteiger partial charge >= 0.3 is 0 Å². The van der Waals surface area contributed by atoms with E-state index in [1.807, 2.05) is 19.9 Å². The molecular formula is C13H22N2O3S2. The Hall–Kier alpha value is -0.730. The molecule has 0 aromatic carbocycles. The smallest absolute Gasteiger partial charge is 0.252 e. The summed E-state index contributed by atoms with van der Waals surface area (Å²) >= 11 is 1.25. The molecular weight excluding hydrogens is 296 g/mol. The molecule has 0 aliphatic rings. The van der Waals surface area contributed by atoms with Gasteiger partial charge in [0, 0.05) is 30.6 Å². The summed E-state index contributed by atoms with van der Waals surface area (Å²) in [6.07, 6.45) is 1.52. The van der Waals surface area contributed by atoms with Gasteiger partial charge < -0.3 is 10.4 Å². The largest absolute Gasteiger partial charge is 0.395 e. The van der Waals surface area contributed by atoms with Gasteiger partial charge in [-0.1, -0.05) is 19.9 Å². The van der Waals surface area contributed by atoms with E-state index in [9.17, 15) is 8.42 Å². The highest BCUT2D eigenvalue weighted by atomic mass is 32.2. The van der Waals surface area contributed by atoms with Crippen LogP contribution in [0.1, 0.15) is 18.7 Å². The van der Waals surface area contributed by atoms with Gasteiger partial charge in [-0.05, 0) is 12.1 Å². The number of thiophene rings is 1. The second-order valence-electron chi connectivity index (χ2n) is 4.63. The van der Waals surface area contributed by atoms with Crippen molar-refractivity contribution < 1.29 is 13.5 Å². The minimum Gasteiger partial charge on any atom is -0.395 e. The zero-order valence-electron chi connectivity index (χ0n) is 11.9. The molecule has 0 atom stereocenters. The molecule has 0 saturated carbocycles. The highest BCUT2D eigenvalue weighted by Crippen LogP contribution is 2.24. The third-order valence-corrected chi connectivity index (χ3v) is 6.02. The molecule has 7 heteroatoms. The van der Waals surface area contributed by atoms with Crippen LogP contribution in [-0.2, 0) is 16.6 Å². The molecule has 1 heterocycles. The van der Waals surface area contributed by atoms with Crippen molar-refractivity contribution in [2.75, 3.05) is 19.7 Å². The molecule has 0 unspecified atom stereocenters. The lowest BCUT2D eigenvalue weighted by atomic mass is 10.4. The van der Waals surface area contributed by atoms with Crippen LogP contribution < -0.4 is 5.32 Å². The van der Waals surface area contributed by atoms with Crippen molar-refractivity contribution in [3.8, 4) is 0 Å². The maximum absolute atomic E-state index is 12.4. The van der Waals surface area contributed by atoms with E-state index >= 15 is 0 Å². The summed E-state index contributed by atoms with van der Waals surface area (Å²) < 4.78 is 26.4. The van der Waals surface area contributed by atoms with Crippen LogP contribution in [0.3, 0.4) is 0 Å². The minimum absolute atomic E-state index is 0.0752. The summed E-state index contributed by atoms with van der Waals surface area (Å²) in [5.74, 6) is 0. The Balaban J connectivity index is 2.88. The molecule has 1 aromatic heterocycles. The molecule has 0 aliphatic carbocycles. The van der Waals surface area contributed by atoms with E-state index in [-0.39, 0.29) is 19.7 Å². The molecule has 1 aromatic rings. The zero-order chi connectivity index (χ0) is 15.2. The van der Waals surface area contributed by atoms with Crippen molar-refractivity contribution in [3.63, 3.8) is 0 Å². The van der Waals surface area contributed by atoms with Crippen LogP contribution in [-0.4, -0.2) is 43.6 Å². The lowest BCUT2D eigenvalue weighted by Crippen LogP contribution is -2.33. The van der Waals surface area contributed by atoms with E-state index in [0.29, 0.717) is 16.8 Å². The van der Waals surface area contributed by atoms with E-state index in [0.717, 1.165) is 4.88 Å². The Labute approximate surface area is 125 Å². The molecule has 0 fully saturated rings. The first-order chi connectivity index (χ1) is 9.41. The van der Waals surface area contributed by atoms with Gasteiger partial charge in [0.1, 0.15) is 4.21 Å². The molecule has 2 N–H and O–H groups in total. The Morgan fingerprint density at radius 1 is 1.50 bits per heavy atom. The van der Waals surface area contributed by atoms with Crippen molar-refractivity contribution in [3.05, 3.63) is 29.7 Å². The second-order valence-corrected chi connectivity index (χ2v) is 7.96. The Morgan fingerprint density at radius 2 is 2.20 bits per heavy atom. The summed E-state index contributed by atoms with van der Waals surface area (Å²) in [7, 11) is -3.55. The number of aliphatic hydroxyl groups is 1. The lowest BCUT2D eigenvalue weighted by Gasteiger charge is -2.18. The molecule has 0 amide bonds. The number of hydrogen-bond donors (Lipinski definition) is 2. The molecule has 0 saturated heterocycles. The fourth-order valence-electron chi connectivity index (χ4n) is 1.59. The van der Waals surface area contributed by atoms with Crippen LogP contribution in [0.2, 0.25) is 0 Å². The molecule has 0 spiro atoms. The summed E-state index contributed by atoms with van der Waals surface area (Å²) in [5.41, 5.74) is 0. The van der Waals surface area contributed by atoms with Crippen LogP contribution in [0, 0.1) is 0 Å². The highest BCUT2D eigenvalue weighted by molar-refractivity contribution is 7.91. The average molecular weight is 318 g/mol. The van der Waals surface area contributed by atoms with Crippen LogP contribution in [0.4, 0.5) is 0 Å². The molecule has 20 heavy (non-hydrogen) atoms. The van der Waals surface area contributed by atoms with Gasteiger partial charge in [-0.25, -0.2) is 8.42 Å². The normalized spacial score (nSPS) is 12.2. The second kappa shape index (κ2) is 7.90. The van der Waals surface area contributed by atoms with Gasteiger partial charge in [0.2, 0.25) is 0 Å². The molecule has 1 rings (SSSR count). The minimum atomic E-state index is -3.55. The predicted molar refractivity (Wildman–Crippen MR) is 82.3 cm³/mol. The van der Waals surface area contributed by atoms with Crippen molar-refractivity contribution >= 4 is 21.4 Å². The Bertz CT molecular complexity index is 523. The molecule has 0 radical (unpaired) electrons. The van der Waals surface area contributed by atoms with Crippen molar-refractivity contribution in [1.29, 1.82) is 0 Å². The van der Waals surface area contributed by atoms with Crippen molar-refractivity contribution in [2.24, 2.45) is 0 Å². The van der Waals surface area contributed by atoms with Gasteiger partial charge in [0.15, 0.2) is 0 Å². The Kier molecular flexibility index (Phi) is 6.84. The molecule has 5 nitrogen and oxygen atoms in total. The molecule has 114 valence electrons. The summed E-state index contributed by atoms with van der Waals surface area (Å²) in [6, 6.07) is 3.78. The predicted octanol–water partition coefficient (Wildman–Crippen LogP) is 1.42. The third kappa shape index (κ3) is 4.68. The maximum Gasteiger partial charge on any atom is 0.252 e. The Morgan fingerprint density at radius 3 is 2.75 bits per heavy atom. The fraction of sp³-hybridized carbons (Fsp3) is 0.538. The van der Waals surface area contributed by atoms with Crippen LogP contribution >= 0.6 is 11.3 Å². The van der Waals surface area contributed by atoms with Gasteiger partial charge in [-0.15, -0.1) is 17.9 Å². The first kappa shape index (κ1) is 17.3. The topological polar surface area (TPSA) is 69.6 Å². The van der Waals surface area contributed by atoms with E-state index in [1.54, 1.807) is 6.07 Å². The van der Waals surface area contributed by atoms with Gasteiger partial charge in [-0.2, -0.15) is 4.31 Å². The first-order valence-corrected chi connectivity index (χ1v) is 8.71. The van der Waals surface area contributed by atoms with Crippen LogP contribution in [0.15, 0.2) is 29.0 Å². The number of hydrogen-bond acceptors (Lipinski definition) is 5. The SMILES string of the molecule is C=CCN(CCO)S(=O)(=O)c1ccc(CNC(C)C)s1. The molecule has 0 aliphatic heterocycles. The number of aliphatic hydroxyl groups excluding tert-OH is 1. The standard InChI is InChI=1S/C13H22N2O3S2/c1-4-7-15(8-9-16)20(17,18)13-6-5-12(19-13)10-14-11(2)3/h4-6,11,14,16H,1,7-10H2,2-3H3. The summed E-state index contributed by atoms with van der Waals surface area (Å²) in [5, 5.41) is 12.2. The van der Waals surface area contributed by atoms with E-state index in [1.165, 1.54) is 21.7 Å². The zero-order valence-corrected chi connectivity index (χ0v) is 13.5. The van der Waals surface area contributed by atoms with Crippen LogP contribution in [0.5, 0.6) is 0 Å². The highest BCUT2D eigenvalue weighted by Gasteiger charge is 2.24. The first-order valence-electron chi connectivity index (χ1n) is 6.45. The van der Waals surface area contributed by atoms with E-state index < -0.39 is 10.0 Å². The van der Waals surface area contributed by atoms with Gasteiger partial charge in [0.05, 0.1) is 6.61 Å². The van der Waals surface area contributed by atoms with Crippen molar-refractivity contribution in [1.82, 2.24) is 9.62 Å². The van der Waals surface area contributed by atoms with E-state index in [4.69, 9.17) is 5.11 Å². The lowest BCUT2D eigenvalue weighted by molar-refractivity contribution is 0.260. The number of sulfonamides is 1. The number of nitrogens with one attached hydrogen (secondary N) is 1. The summed E-state index contributed by atoms with van der Waals surface area (Å²) in [6.45, 7) is 8.34. The summed E-state index contributed by atoms with van der Waals surface area (Å²) in [4.78, 5) is 0.972. The van der Waals surface area contributed by atoms with Crippen LogP contribution in [0.25, 0.3) is 0 Å². The fourth-order valence-corrected chi connectivity index (χ4v) is 4.45. The number of nitrogens with zero attached hydrogens (tertiary/aromatic N) is 1. The number of rotatable bonds is 9. The average Bonchev–Trinajstić information content (AvgIpc) is 2.85. The third-order valence-electron chi connectivity index (χ3n) is 2.60. The monoisotopic (exact) mass is 318 g/mol. The quantitative estimate of drug-likeness (QED) is 0.676. The maximum atomic E-state index is 12.4. The molecule has 0 bridgehead atoms.